The minimum Gasteiger partial charge on any atom is -0.506 e. The summed E-state index contributed by atoms with van der Waals surface area (Å²) in [5.41, 5.74) is 0.403. The van der Waals surface area contributed by atoms with Crippen LogP contribution in [0.5, 0.6) is 11.5 Å². The Morgan fingerprint density at radius 1 is 1.47 bits per heavy atom. The van der Waals surface area contributed by atoms with Gasteiger partial charge in [0.2, 0.25) is 5.91 Å². The Morgan fingerprint density at radius 3 is 2.82 bits per heavy atom. The summed E-state index contributed by atoms with van der Waals surface area (Å²) in [7, 11) is 3.36. The van der Waals surface area contributed by atoms with Gasteiger partial charge in [0, 0.05) is 12.5 Å². The molecule has 1 aromatic rings. The van der Waals surface area contributed by atoms with Crippen molar-refractivity contribution >= 4 is 11.6 Å². The van der Waals surface area contributed by atoms with E-state index in [2.05, 4.69) is 10.6 Å². The Kier molecular flexibility index (Phi) is 5.29. The zero-order chi connectivity index (χ0) is 12.7. The van der Waals surface area contributed by atoms with Crippen molar-refractivity contribution in [3.05, 3.63) is 18.2 Å². The number of hydrogen-bond acceptors (Lipinski definition) is 4. The summed E-state index contributed by atoms with van der Waals surface area (Å²) in [5, 5.41) is 15.3. The number of hydrogen-bond donors (Lipinski definition) is 3. The second-order valence-electron chi connectivity index (χ2n) is 3.64. The Hall–Kier alpha value is -1.75. The number of phenolic OH excluding ortho intramolecular Hbond substituents is 1. The first-order valence-electron chi connectivity index (χ1n) is 5.49. The molecule has 0 aromatic heterocycles. The zero-order valence-electron chi connectivity index (χ0n) is 10.1. The number of rotatable bonds is 6. The van der Waals surface area contributed by atoms with Crippen LogP contribution in [0.25, 0.3) is 0 Å². The molecule has 1 rings (SSSR count). The third kappa shape index (κ3) is 4.32. The lowest BCUT2D eigenvalue weighted by Crippen LogP contribution is -2.15. The monoisotopic (exact) mass is 238 g/mol. The van der Waals surface area contributed by atoms with Gasteiger partial charge in [-0.2, -0.15) is 0 Å². The van der Waals surface area contributed by atoms with Gasteiger partial charge in [-0.25, -0.2) is 0 Å². The fraction of sp³-hybridized carbons (Fsp3) is 0.417. The minimum absolute atomic E-state index is 0.00585. The molecular formula is C12H18N2O3. The minimum atomic E-state index is -0.110. The summed E-state index contributed by atoms with van der Waals surface area (Å²) < 4.78 is 4.95. The number of anilines is 1. The van der Waals surface area contributed by atoms with E-state index >= 15 is 0 Å². The molecule has 0 spiro atoms. The highest BCUT2D eigenvalue weighted by molar-refractivity contribution is 5.92. The van der Waals surface area contributed by atoms with Crippen LogP contribution in [0.1, 0.15) is 12.8 Å². The van der Waals surface area contributed by atoms with Crippen molar-refractivity contribution in [2.45, 2.75) is 12.8 Å². The van der Waals surface area contributed by atoms with E-state index in [0.29, 0.717) is 17.9 Å². The molecule has 0 saturated heterocycles. The molecule has 0 aliphatic rings. The first-order valence-corrected chi connectivity index (χ1v) is 5.49. The van der Waals surface area contributed by atoms with Gasteiger partial charge in [-0.3, -0.25) is 4.79 Å². The van der Waals surface area contributed by atoms with Crippen LogP contribution >= 0.6 is 0 Å². The molecule has 0 fully saturated rings. The Morgan fingerprint density at radius 2 is 2.24 bits per heavy atom. The number of benzene rings is 1. The summed E-state index contributed by atoms with van der Waals surface area (Å²) >= 11 is 0. The summed E-state index contributed by atoms with van der Waals surface area (Å²) in [4.78, 5) is 11.5. The van der Waals surface area contributed by atoms with Crippen LogP contribution in [0.4, 0.5) is 5.69 Å². The van der Waals surface area contributed by atoms with E-state index in [1.54, 1.807) is 12.1 Å². The van der Waals surface area contributed by atoms with E-state index in [9.17, 15) is 9.90 Å². The van der Waals surface area contributed by atoms with Crippen LogP contribution in [-0.4, -0.2) is 31.7 Å². The lowest BCUT2D eigenvalue weighted by atomic mass is 10.2. The van der Waals surface area contributed by atoms with Crippen molar-refractivity contribution in [3.8, 4) is 11.5 Å². The molecule has 0 aliphatic heterocycles. The molecule has 0 aliphatic carbocycles. The third-order valence-electron chi connectivity index (χ3n) is 2.31. The average molecular weight is 238 g/mol. The molecule has 0 bridgehead atoms. The van der Waals surface area contributed by atoms with Crippen LogP contribution in [0.2, 0.25) is 0 Å². The van der Waals surface area contributed by atoms with Gasteiger partial charge in [0.25, 0.3) is 0 Å². The van der Waals surface area contributed by atoms with E-state index in [0.717, 1.165) is 13.0 Å². The van der Waals surface area contributed by atoms with E-state index in [-0.39, 0.29) is 11.7 Å². The van der Waals surface area contributed by atoms with Crippen LogP contribution < -0.4 is 15.4 Å². The van der Waals surface area contributed by atoms with Gasteiger partial charge >= 0.3 is 0 Å². The van der Waals surface area contributed by atoms with E-state index in [1.807, 2.05) is 7.05 Å². The molecule has 1 amide bonds. The molecule has 17 heavy (non-hydrogen) atoms. The number of methoxy groups -OCH3 is 1. The van der Waals surface area contributed by atoms with Crippen molar-refractivity contribution in [2.24, 2.45) is 0 Å². The van der Waals surface area contributed by atoms with Gasteiger partial charge in [-0.15, -0.1) is 0 Å². The Balaban J connectivity index is 2.53. The van der Waals surface area contributed by atoms with Crippen molar-refractivity contribution in [2.75, 3.05) is 26.0 Å². The first-order chi connectivity index (χ1) is 8.17. The molecule has 5 heteroatoms. The number of nitrogens with one attached hydrogen (secondary N) is 2. The predicted molar refractivity (Wildman–Crippen MR) is 66.4 cm³/mol. The summed E-state index contributed by atoms with van der Waals surface area (Å²) in [6, 6.07) is 4.76. The van der Waals surface area contributed by atoms with E-state index < -0.39 is 0 Å². The standard InChI is InChI=1S/C12H18N2O3/c1-13-7-3-4-12(16)14-10-6-5-9(17-2)8-11(10)15/h5-6,8,13,15H,3-4,7H2,1-2H3,(H,14,16). The molecular weight excluding hydrogens is 220 g/mol. The van der Waals surface area contributed by atoms with Crippen molar-refractivity contribution in [1.82, 2.24) is 5.32 Å². The first kappa shape index (κ1) is 13.3. The molecule has 0 saturated carbocycles. The Labute approximate surface area is 101 Å². The number of ether oxygens (including phenoxy) is 1. The lowest BCUT2D eigenvalue weighted by Gasteiger charge is -2.08. The average Bonchev–Trinajstić information content (AvgIpc) is 2.32. The van der Waals surface area contributed by atoms with Gasteiger partial charge in [0.1, 0.15) is 11.5 Å². The van der Waals surface area contributed by atoms with Crippen LogP contribution in [0, 0.1) is 0 Å². The molecule has 0 radical (unpaired) electrons. The normalized spacial score (nSPS) is 10.0. The fourth-order valence-electron chi connectivity index (χ4n) is 1.38. The summed E-state index contributed by atoms with van der Waals surface area (Å²) in [5.74, 6) is 0.447. The lowest BCUT2D eigenvalue weighted by molar-refractivity contribution is -0.116. The highest BCUT2D eigenvalue weighted by Crippen LogP contribution is 2.27. The third-order valence-corrected chi connectivity index (χ3v) is 2.31. The van der Waals surface area contributed by atoms with Crippen LogP contribution in [0.3, 0.4) is 0 Å². The predicted octanol–water partition coefficient (Wildman–Crippen LogP) is 1.34. The maximum absolute atomic E-state index is 11.5. The molecule has 0 atom stereocenters. The number of carbonyl (C=O) groups excluding carboxylic acids is 1. The smallest absolute Gasteiger partial charge is 0.224 e. The topological polar surface area (TPSA) is 70.6 Å². The van der Waals surface area contributed by atoms with Gasteiger partial charge in [-0.05, 0) is 32.1 Å². The maximum Gasteiger partial charge on any atom is 0.224 e. The van der Waals surface area contributed by atoms with E-state index in [4.69, 9.17) is 4.74 Å². The quantitative estimate of drug-likeness (QED) is 0.516. The highest BCUT2D eigenvalue weighted by Gasteiger charge is 2.06. The number of aromatic hydroxyl groups is 1. The zero-order valence-corrected chi connectivity index (χ0v) is 10.1. The van der Waals surface area contributed by atoms with Gasteiger partial charge in [0.15, 0.2) is 0 Å². The van der Waals surface area contributed by atoms with Gasteiger partial charge in [0.05, 0.1) is 12.8 Å². The van der Waals surface area contributed by atoms with E-state index in [1.165, 1.54) is 13.2 Å². The number of carbonyl (C=O) groups is 1. The molecule has 0 unspecified atom stereocenters. The maximum atomic E-state index is 11.5. The van der Waals surface area contributed by atoms with Gasteiger partial charge in [-0.1, -0.05) is 0 Å². The van der Waals surface area contributed by atoms with Crippen molar-refractivity contribution in [1.29, 1.82) is 0 Å². The molecule has 3 N–H and O–H groups in total. The number of phenols is 1. The molecule has 5 nitrogen and oxygen atoms in total. The highest BCUT2D eigenvalue weighted by atomic mass is 16.5. The second kappa shape index (κ2) is 6.75. The van der Waals surface area contributed by atoms with Crippen molar-refractivity contribution < 1.29 is 14.6 Å². The SMILES string of the molecule is CNCCCC(=O)Nc1ccc(OC)cc1O. The number of amides is 1. The second-order valence-corrected chi connectivity index (χ2v) is 3.64. The molecule has 1 aromatic carbocycles. The molecule has 0 heterocycles. The van der Waals surface area contributed by atoms with Crippen LogP contribution in [0.15, 0.2) is 18.2 Å². The fourth-order valence-corrected chi connectivity index (χ4v) is 1.38. The molecule has 94 valence electrons. The van der Waals surface area contributed by atoms with Crippen molar-refractivity contribution in [3.63, 3.8) is 0 Å². The van der Waals surface area contributed by atoms with Crippen LogP contribution in [-0.2, 0) is 4.79 Å². The summed E-state index contributed by atoms with van der Waals surface area (Å²) in [6.07, 6.45) is 1.19. The van der Waals surface area contributed by atoms with Gasteiger partial charge < -0.3 is 20.5 Å². The largest absolute Gasteiger partial charge is 0.506 e. The Bertz CT molecular complexity index is 380. The summed E-state index contributed by atoms with van der Waals surface area (Å²) in [6.45, 7) is 0.794.